The summed E-state index contributed by atoms with van der Waals surface area (Å²) < 4.78 is 31.4. The molecule has 0 spiro atoms. The molecule has 0 aliphatic carbocycles. The molecule has 8 nitrogen and oxygen atoms in total. The number of benzene rings is 1. The summed E-state index contributed by atoms with van der Waals surface area (Å²) in [4.78, 5) is 23.5. The Morgan fingerprint density at radius 2 is 1.81 bits per heavy atom. The lowest BCUT2D eigenvalue weighted by Crippen LogP contribution is -2.51. The molecule has 1 aromatic carbocycles. The second kappa shape index (κ2) is 9.11. The number of amides is 1. The van der Waals surface area contributed by atoms with E-state index < -0.39 is 27.4 Å². The molecule has 0 heterocycles. The number of carbonyl (C=O) groups is 2. The van der Waals surface area contributed by atoms with E-state index in [4.69, 9.17) is 9.84 Å². The zero-order valence-electron chi connectivity index (χ0n) is 15.4. The highest BCUT2D eigenvalue weighted by molar-refractivity contribution is 7.89. The third kappa shape index (κ3) is 6.08. The van der Waals surface area contributed by atoms with Crippen molar-refractivity contribution in [3.8, 4) is 0 Å². The van der Waals surface area contributed by atoms with Gasteiger partial charge in [-0.3, -0.25) is 9.59 Å². The van der Waals surface area contributed by atoms with Crippen LogP contribution in [0.4, 0.5) is 0 Å². The Labute approximate surface area is 154 Å². The first kappa shape index (κ1) is 22.1. The van der Waals surface area contributed by atoms with Gasteiger partial charge in [0.1, 0.15) is 0 Å². The lowest BCUT2D eigenvalue weighted by Gasteiger charge is -2.33. The second-order valence-electron chi connectivity index (χ2n) is 6.51. The van der Waals surface area contributed by atoms with Gasteiger partial charge in [-0.25, -0.2) is 13.1 Å². The molecule has 146 valence electrons. The van der Waals surface area contributed by atoms with E-state index in [0.29, 0.717) is 0 Å². The number of ether oxygens (including phenoxy) is 1. The lowest BCUT2D eigenvalue weighted by atomic mass is 9.85. The van der Waals surface area contributed by atoms with Gasteiger partial charge in [-0.15, -0.1) is 0 Å². The Morgan fingerprint density at radius 3 is 2.27 bits per heavy atom. The Hall–Kier alpha value is -1.97. The van der Waals surface area contributed by atoms with Gasteiger partial charge in [-0.05, 0) is 37.1 Å². The average Bonchev–Trinajstić information content (AvgIpc) is 2.54. The van der Waals surface area contributed by atoms with Crippen LogP contribution in [0.5, 0.6) is 0 Å². The second-order valence-corrected chi connectivity index (χ2v) is 8.28. The van der Waals surface area contributed by atoms with Gasteiger partial charge in [0.15, 0.2) is 0 Å². The third-order valence-corrected chi connectivity index (χ3v) is 5.69. The molecule has 1 amide bonds. The van der Waals surface area contributed by atoms with Gasteiger partial charge in [0.25, 0.3) is 5.91 Å². The van der Waals surface area contributed by atoms with Gasteiger partial charge in [0.2, 0.25) is 10.0 Å². The van der Waals surface area contributed by atoms with Crippen molar-refractivity contribution in [3.63, 3.8) is 0 Å². The molecule has 1 aromatic rings. The molecule has 0 fully saturated rings. The molecule has 0 bridgehead atoms. The summed E-state index contributed by atoms with van der Waals surface area (Å²) in [5.41, 5.74) is -0.673. The number of aliphatic carboxylic acids is 1. The standard InChI is InChI=1S/C17H26N2O6S/c1-12(2)17(3,11-15(20)21)19-16(22)13-5-7-14(8-6-13)26(23,24)18-9-10-25-4/h5-8,12,18H,9-11H2,1-4H3,(H,19,22)(H,20,21). The Morgan fingerprint density at radius 1 is 1.23 bits per heavy atom. The zero-order chi connectivity index (χ0) is 20.0. The molecule has 1 atom stereocenters. The van der Waals surface area contributed by atoms with Gasteiger partial charge < -0.3 is 15.2 Å². The number of carboxylic acid groups (broad SMARTS) is 1. The van der Waals surface area contributed by atoms with Crippen molar-refractivity contribution >= 4 is 21.9 Å². The van der Waals surface area contributed by atoms with Crippen LogP contribution in [0.25, 0.3) is 0 Å². The molecule has 0 aliphatic heterocycles. The molecule has 0 aliphatic rings. The van der Waals surface area contributed by atoms with Crippen molar-refractivity contribution in [2.45, 2.75) is 37.6 Å². The number of nitrogens with one attached hydrogen (secondary N) is 2. The van der Waals surface area contributed by atoms with Gasteiger partial charge in [-0.2, -0.15) is 0 Å². The minimum atomic E-state index is -3.68. The average molecular weight is 386 g/mol. The number of carbonyl (C=O) groups excluding carboxylic acids is 1. The van der Waals surface area contributed by atoms with Crippen molar-refractivity contribution in [2.24, 2.45) is 5.92 Å². The molecular weight excluding hydrogens is 360 g/mol. The van der Waals surface area contributed by atoms with E-state index in [-0.39, 0.29) is 35.9 Å². The SMILES string of the molecule is COCCNS(=O)(=O)c1ccc(C(=O)NC(C)(CC(=O)O)C(C)C)cc1. The first-order chi connectivity index (χ1) is 12.0. The maximum absolute atomic E-state index is 12.4. The monoisotopic (exact) mass is 386 g/mol. The van der Waals surface area contributed by atoms with Gasteiger partial charge in [0.05, 0.1) is 23.5 Å². The topological polar surface area (TPSA) is 122 Å². The minimum absolute atomic E-state index is 0.0299. The molecule has 3 N–H and O–H groups in total. The minimum Gasteiger partial charge on any atom is -0.481 e. The van der Waals surface area contributed by atoms with Crippen molar-refractivity contribution in [2.75, 3.05) is 20.3 Å². The van der Waals surface area contributed by atoms with Gasteiger partial charge >= 0.3 is 5.97 Å². The van der Waals surface area contributed by atoms with E-state index in [9.17, 15) is 18.0 Å². The largest absolute Gasteiger partial charge is 0.481 e. The molecule has 9 heteroatoms. The Bertz CT molecular complexity index is 730. The van der Waals surface area contributed by atoms with Crippen LogP contribution in [0.15, 0.2) is 29.2 Å². The van der Waals surface area contributed by atoms with E-state index in [0.717, 1.165) is 0 Å². The number of hydrogen-bond donors (Lipinski definition) is 3. The van der Waals surface area contributed by atoms with Crippen LogP contribution in [-0.2, 0) is 19.6 Å². The number of methoxy groups -OCH3 is 1. The van der Waals surface area contributed by atoms with Gasteiger partial charge in [-0.1, -0.05) is 13.8 Å². The van der Waals surface area contributed by atoms with E-state index in [1.807, 2.05) is 13.8 Å². The highest BCUT2D eigenvalue weighted by Gasteiger charge is 2.33. The number of sulfonamides is 1. The zero-order valence-corrected chi connectivity index (χ0v) is 16.2. The fourth-order valence-corrected chi connectivity index (χ4v) is 3.20. The fraction of sp³-hybridized carbons (Fsp3) is 0.529. The van der Waals surface area contributed by atoms with Crippen LogP contribution < -0.4 is 10.0 Å². The molecule has 1 unspecified atom stereocenters. The normalized spacial score (nSPS) is 14.0. The molecule has 0 aromatic heterocycles. The highest BCUT2D eigenvalue weighted by Crippen LogP contribution is 2.22. The van der Waals surface area contributed by atoms with Gasteiger partial charge in [0, 0.05) is 19.2 Å². The van der Waals surface area contributed by atoms with Crippen molar-refractivity contribution < 1.29 is 27.9 Å². The van der Waals surface area contributed by atoms with E-state index >= 15 is 0 Å². The smallest absolute Gasteiger partial charge is 0.305 e. The van der Waals surface area contributed by atoms with E-state index in [1.165, 1.54) is 31.4 Å². The molecule has 0 saturated carbocycles. The maximum Gasteiger partial charge on any atom is 0.305 e. The van der Waals surface area contributed by atoms with Crippen LogP contribution >= 0.6 is 0 Å². The summed E-state index contributed by atoms with van der Waals surface area (Å²) >= 11 is 0. The number of carboxylic acids is 1. The first-order valence-electron chi connectivity index (χ1n) is 8.15. The summed E-state index contributed by atoms with van der Waals surface area (Å²) in [5.74, 6) is -1.57. The fourth-order valence-electron chi connectivity index (χ4n) is 2.19. The van der Waals surface area contributed by atoms with E-state index in [2.05, 4.69) is 10.0 Å². The quantitative estimate of drug-likeness (QED) is 0.520. The van der Waals surface area contributed by atoms with Crippen molar-refractivity contribution in [1.29, 1.82) is 0 Å². The third-order valence-electron chi connectivity index (χ3n) is 4.22. The summed E-state index contributed by atoms with van der Waals surface area (Å²) in [6.07, 6.45) is -0.216. The number of rotatable bonds is 10. The van der Waals surface area contributed by atoms with Crippen molar-refractivity contribution in [3.05, 3.63) is 29.8 Å². The molecule has 26 heavy (non-hydrogen) atoms. The van der Waals surface area contributed by atoms with Crippen LogP contribution in [0.3, 0.4) is 0 Å². The molecular formula is C17H26N2O6S. The summed E-state index contributed by atoms with van der Waals surface area (Å²) in [5, 5.41) is 11.8. The predicted molar refractivity (Wildman–Crippen MR) is 96.5 cm³/mol. The Balaban J connectivity index is 2.90. The maximum atomic E-state index is 12.4. The lowest BCUT2D eigenvalue weighted by molar-refractivity contribution is -0.138. The summed E-state index contributed by atoms with van der Waals surface area (Å²) in [6.45, 7) is 5.71. The highest BCUT2D eigenvalue weighted by atomic mass is 32.2. The van der Waals surface area contributed by atoms with Crippen LogP contribution in [-0.4, -0.2) is 51.2 Å². The Kier molecular flexibility index (Phi) is 7.73. The molecule has 1 rings (SSSR count). The van der Waals surface area contributed by atoms with E-state index in [1.54, 1.807) is 6.92 Å². The van der Waals surface area contributed by atoms with Crippen LogP contribution in [0, 0.1) is 5.92 Å². The number of hydrogen-bond acceptors (Lipinski definition) is 5. The predicted octanol–water partition coefficient (Wildman–Crippen LogP) is 1.23. The van der Waals surface area contributed by atoms with Crippen molar-refractivity contribution in [1.82, 2.24) is 10.0 Å². The molecule has 0 saturated heterocycles. The summed E-state index contributed by atoms with van der Waals surface area (Å²) in [7, 11) is -2.21. The first-order valence-corrected chi connectivity index (χ1v) is 9.63. The molecule has 0 radical (unpaired) electrons. The van der Waals surface area contributed by atoms with Crippen LogP contribution in [0.1, 0.15) is 37.6 Å². The van der Waals surface area contributed by atoms with Crippen LogP contribution in [0.2, 0.25) is 0 Å². The summed E-state index contributed by atoms with van der Waals surface area (Å²) in [6, 6.07) is 5.44.